The van der Waals surface area contributed by atoms with Gasteiger partial charge in [0.1, 0.15) is 5.75 Å². The molecule has 0 radical (unpaired) electrons. The summed E-state index contributed by atoms with van der Waals surface area (Å²) < 4.78 is 5.39. The van der Waals surface area contributed by atoms with Gasteiger partial charge >= 0.3 is 0 Å². The number of terminal acetylenes is 1. The molecule has 4 nitrogen and oxygen atoms in total. The molecule has 0 unspecified atom stereocenters. The smallest absolute Gasteiger partial charge is 0.258 e. The van der Waals surface area contributed by atoms with Crippen molar-refractivity contribution in [3.05, 3.63) is 35.9 Å². The minimum Gasteiger partial charge on any atom is -0.484 e. The molecule has 0 saturated carbocycles. The fourth-order valence-corrected chi connectivity index (χ4v) is 2.00. The summed E-state index contributed by atoms with van der Waals surface area (Å²) in [6, 6.07) is 7.80. The van der Waals surface area contributed by atoms with Gasteiger partial charge in [-0.2, -0.15) is 0 Å². The van der Waals surface area contributed by atoms with Crippen molar-refractivity contribution < 1.29 is 9.53 Å². The first kappa shape index (κ1) is 14.2. The highest BCUT2D eigenvalue weighted by atomic mass is 16.5. The Hall–Kier alpha value is -2.25. The van der Waals surface area contributed by atoms with Crippen LogP contribution in [0, 0.1) is 12.3 Å². The van der Waals surface area contributed by atoms with Gasteiger partial charge in [-0.15, -0.1) is 6.42 Å². The molecule has 1 aliphatic heterocycles. The van der Waals surface area contributed by atoms with E-state index in [1.807, 2.05) is 24.3 Å². The van der Waals surface area contributed by atoms with E-state index in [1.54, 1.807) is 0 Å². The van der Waals surface area contributed by atoms with Crippen molar-refractivity contribution in [3.8, 4) is 18.1 Å². The number of carbonyl (C=O) groups is 1. The minimum atomic E-state index is -0.215. The molecule has 0 atom stereocenters. The maximum Gasteiger partial charge on any atom is 0.258 e. The molecular weight excluding hydrogens is 252 g/mol. The molecule has 0 spiro atoms. The first-order chi connectivity index (χ1) is 9.79. The van der Waals surface area contributed by atoms with Crippen LogP contribution in [0.3, 0.4) is 0 Å². The summed E-state index contributed by atoms with van der Waals surface area (Å²) in [7, 11) is 0. The monoisotopic (exact) mass is 270 g/mol. The van der Waals surface area contributed by atoms with Crippen LogP contribution >= 0.6 is 0 Å². The molecule has 1 aliphatic rings. The Morgan fingerprint density at radius 2 is 2.20 bits per heavy atom. The number of hydrogen-bond acceptors (Lipinski definition) is 3. The number of ether oxygens (including phenoxy) is 1. The molecule has 4 heteroatoms. The summed E-state index contributed by atoms with van der Waals surface area (Å²) in [4.78, 5) is 11.3. The number of carbonyl (C=O) groups excluding carboxylic acids is 1. The van der Waals surface area contributed by atoms with Gasteiger partial charge in [0, 0.05) is 6.54 Å². The first-order valence-corrected chi connectivity index (χ1v) is 6.63. The molecule has 1 aromatic carbocycles. The van der Waals surface area contributed by atoms with Gasteiger partial charge in [0.05, 0.1) is 6.54 Å². The summed E-state index contributed by atoms with van der Waals surface area (Å²) in [5.74, 6) is 2.81. The van der Waals surface area contributed by atoms with Crippen molar-refractivity contribution in [1.29, 1.82) is 0 Å². The Balaban J connectivity index is 1.87. The van der Waals surface area contributed by atoms with Gasteiger partial charge in [-0.25, -0.2) is 0 Å². The van der Waals surface area contributed by atoms with E-state index in [9.17, 15) is 4.79 Å². The molecule has 1 amide bonds. The summed E-state index contributed by atoms with van der Waals surface area (Å²) in [5.41, 5.74) is 2.55. The van der Waals surface area contributed by atoms with E-state index >= 15 is 0 Å². The van der Waals surface area contributed by atoms with Crippen LogP contribution in [0.4, 0.5) is 0 Å². The highest BCUT2D eigenvalue weighted by Gasteiger charge is 2.06. The average molecular weight is 270 g/mol. The predicted molar refractivity (Wildman–Crippen MR) is 79.2 cm³/mol. The number of rotatable bonds is 5. The number of hydrogen-bond donors (Lipinski definition) is 2. The fraction of sp³-hybridized carbons (Fsp3) is 0.312. The third-order valence-electron chi connectivity index (χ3n) is 3.05. The SMILES string of the molecule is C#CCNC(=O)COc1ccc(C2=CCNCC2)cc1. The van der Waals surface area contributed by atoms with Crippen molar-refractivity contribution in [1.82, 2.24) is 10.6 Å². The van der Waals surface area contributed by atoms with Crippen molar-refractivity contribution in [2.45, 2.75) is 6.42 Å². The normalized spacial score (nSPS) is 14.1. The van der Waals surface area contributed by atoms with Crippen LogP contribution in [-0.2, 0) is 4.79 Å². The molecule has 0 fully saturated rings. The number of nitrogens with one attached hydrogen (secondary N) is 2. The lowest BCUT2D eigenvalue weighted by Gasteiger charge is -2.14. The zero-order chi connectivity index (χ0) is 14.2. The summed E-state index contributed by atoms with van der Waals surface area (Å²) in [5, 5.41) is 5.84. The van der Waals surface area contributed by atoms with Crippen LogP contribution < -0.4 is 15.4 Å². The second-order valence-electron chi connectivity index (χ2n) is 4.48. The first-order valence-electron chi connectivity index (χ1n) is 6.63. The lowest BCUT2D eigenvalue weighted by molar-refractivity contribution is -0.122. The molecule has 2 rings (SSSR count). The molecule has 1 heterocycles. The molecule has 0 aromatic heterocycles. The second kappa shape index (κ2) is 7.37. The quantitative estimate of drug-likeness (QED) is 0.790. The fourth-order valence-electron chi connectivity index (χ4n) is 2.00. The lowest BCUT2D eigenvalue weighted by atomic mass is 10.0. The van der Waals surface area contributed by atoms with Gasteiger partial charge < -0.3 is 15.4 Å². The van der Waals surface area contributed by atoms with Crippen LogP contribution in [0.25, 0.3) is 5.57 Å². The van der Waals surface area contributed by atoms with E-state index in [0.29, 0.717) is 5.75 Å². The molecule has 20 heavy (non-hydrogen) atoms. The van der Waals surface area contributed by atoms with Gasteiger partial charge in [0.25, 0.3) is 5.91 Å². The average Bonchev–Trinajstić information content (AvgIpc) is 2.52. The Morgan fingerprint density at radius 1 is 1.40 bits per heavy atom. The maximum absolute atomic E-state index is 11.3. The molecular formula is C16H18N2O2. The topological polar surface area (TPSA) is 50.4 Å². The van der Waals surface area contributed by atoms with Gasteiger partial charge in [0.15, 0.2) is 6.61 Å². The molecule has 0 saturated heterocycles. The zero-order valence-corrected chi connectivity index (χ0v) is 11.3. The highest BCUT2D eigenvalue weighted by Crippen LogP contribution is 2.22. The third-order valence-corrected chi connectivity index (χ3v) is 3.05. The Morgan fingerprint density at radius 3 is 2.85 bits per heavy atom. The molecule has 104 valence electrons. The standard InChI is InChI=1S/C16H18N2O2/c1-2-9-18-16(19)12-20-15-5-3-13(4-6-15)14-7-10-17-11-8-14/h1,3-7,17H,8-12H2,(H,18,19). The van der Waals surface area contributed by atoms with Gasteiger partial charge in [-0.3, -0.25) is 4.79 Å². The number of benzene rings is 1. The van der Waals surface area contributed by atoms with Crippen LogP contribution in [0.15, 0.2) is 30.3 Å². The Kier molecular flexibility index (Phi) is 5.22. The lowest BCUT2D eigenvalue weighted by Crippen LogP contribution is -2.29. The van der Waals surface area contributed by atoms with Crippen LogP contribution in [0.5, 0.6) is 5.75 Å². The molecule has 1 aromatic rings. The van der Waals surface area contributed by atoms with Crippen molar-refractivity contribution >= 4 is 11.5 Å². The Bertz CT molecular complexity index is 526. The van der Waals surface area contributed by atoms with Crippen molar-refractivity contribution in [3.63, 3.8) is 0 Å². The Labute approximate surface area is 119 Å². The van der Waals surface area contributed by atoms with E-state index in [1.165, 1.54) is 11.1 Å². The van der Waals surface area contributed by atoms with Crippen LogP contribution in [0.2, 0.25) is 0 Å². The van der Waals surface area contributed by atoms with Gasteiger partial charge in [-0.1, -0.05) is 24.1 Å². The van der Waals surface area contributed by atoms with Crippen molar-refractivity contribution in [2.24, 2.45) is 0 Å². The third kappa shape index (κ3) is 4.15. The second-order valence-corrected chi connectivity index (χ2v) is 4.48. The molecule has 2 N–H and O–H groups in total. The van der Waals surface area contributed by atoms with E-state index in [0.717, 1.165) is 19.5 Å². The highest BCUT2D eigenvalue weighted by molar-refractivity contribution is 5.77. The molecule has 0 bridgehead atoms. The van der Waals surface area contributed by atoms with E-state index in [4.69, 9.17) is 11.2 Å². The van der Waals surface area contributed by atoms with Crippen LogP contribution in [0.1, 0.15) is 12.0 Å². The van der Waals surface area contributed by atoms with Crippen molar-refractivity contribution in [2.75, 3.05) is 26.2 Å². The summed E-state index contributed by atoms with van der Waals surface area (Å²) >= 11 is 0. The number of amides is 1. The van der Waals surface area contributed by atoms with Gasteiger partial charge in [0.2, 0.25) is 0 Å². The maximum atomic E-state index is 11.3. The van der Waals surface area contributed by atoms with E-state index in [-0.39, 0.29) is 19.1 Å². The molecule has 0 aliphatic carbocycles. The van der Waals surface area contributed by atoms with E-state index in [2.05, 4.69) is 22.6 Å². The summed E-state index contributed by atoms with van der Waals surface area (Å²) in [6.45, 7) is 2.14. The predicted octanol–water partition coefficient (Wildman–Crippen LogP) is 1.19. The van der Waals surface area contributed by atoms with Crippen LogP contribution in [-0.4, -0.2) is 32.1 Å². The van der Waals surface area contributed by atoms with E-state index < -0.39 is 0 Å². The minimum absolute atomic E-state index is 0.0202. The van der Waals surface area contributed by atoms with Gasteiger partial charge in [-0.05, 0) is 36.2 Å². The zero-order valence-electron chi connectivity index (χ0n) is 11.3. The largest absolute Gasteiger partial charge is 0.484 e. The summed E-state index contributed by atoms with van der Waals surface area (Å²) in [6.07, 6.45) is 8.29.